The van der Waals surface area contributed by atoms with Crippen LogP contribution in [0.4, 0.5) is 0 Å². The van der Waals surface area contributed by atoms with Crippen molar-refractivity contribution in [3.63, 3.8) is 0 Å². The minimum absolute atomic E-state index is 0.171. The number of thiophene rings is 1. The van der Waals surface area contributed by atoms with Gasteiger partial charge in [0, 0.05) is 12.9 Å². The van der Waals surface area contributed by atoms with E-state index in [1.807, 2.05) is 12.1 Å². The molecule has 90 valence electrons. The lowest BCUT2D eigenvalue weighted by Gasteiger charge is -2.09. The molecule has 1 aromatic carbocycles. The maximum absolute atomic E-state index is 6.14. The van der Waals surface area contributed by atoms with Crippen LogP contribution in [0.3, 0.4) is 0 Å². The maximum atomic E-state index is 6.14. The van der Waals surface area contributed by atoms with E-state index < -0.39 is 0 Å². The SMILES string of the molecule is Clc1cc(C(Br)c2cc(Br)c(Br)s2)ccc1I. The Kier molecular flexibility index (Phi) is 5.41. The zero-order valence-corrected chi connectivity index (χ0v) is 16.7. The first-order valence-electron chi connectivity index (χ1n) is 4.53. The fourth-order valence-electron chi connectivity index (χ4n) is 1.32. The number of alkyl halides is 1. The second kappa shape index (κ2) is 6.22. The lowest BCUT2D eigenvalue weighted by atomic mass is 10.1. The Labute approximate surface area is 148 Å². The smallest absolute Gasteiger partial charge is 0.0843 e. The van der Waals surface area contributed by atoms with Crippen LogP contribution in [0.25, 0.3) is 0 Å². The molecule has 0 radical (unpaired) electrons. The Morgan fingerprint density at radius 3 is 2.47 bits per heavy atom. The Balaban J connectivity index is 2.36. The minimum Gasteiger partial charge on any atom is -0.131 e. The van der Waals surface area contributed by atoms with Crippen molar-refractivity contribution in [2.75, 3.05) is 0 Å². The Morgan fingerprint density at radius 2 is 1.94 bits per heavy atom. The van der Waals surface area contributed by atoms with Crippen molar-refractivity contribution in [2.24, 2.45) is 0 Å². The van der Waals surface area contributed by atoms with E-state index >= 15 is 0 Å². The molecule has 0 aliphatic rings. The maximum Gasteiger partial charge on any atom is 0.0843 e. The van der Waals surface area contributed by atoms with Crippen molar-refractivity contribution in [1.29, 1.82) is 0 Å². The van der Waals surface area contributed by atoms with Gasteiger partial charge in [-0.1, -0.05) is 33.6 Å². The van der Waals surface area contributed by atoms with E-state index in [0.717, 1.165) is 22.4 Å². The molecule has 0 nitrogen and oxygen atoms in total. The van der Waals surface area contributed by atoms with Crippen molar-refractivity contribution in [2.45, 2.75) is 4.83 Å². The van der Waals surface area contributed by atoms with Crippen molar-refractivity contribution < 1.29 is 0 Å². The van der Waals surface area contributed by atoms with E-state index in [2.05, 4.69) is 82.5 Å². The molecule has 1 heterocycles. The first-order chi connectivity index (χ1) is 7.99. The summed E-state index contributed by atoms with van der Waals surface area (Å²) in [7, 11) is 0. The molecular weight excluding hydrogens is 566 g/mol. The molecule has 0 aliphatic carbocycles. The zero-order valence-electron chi connectivity index (χ0n) is 8.18. The fourth-order valence-corrected chi connectivity index (χ4v) is 4.64. The Bertz CT molecular complexity index is 536. The fraction of sp³-hybridized carbons (Fsp3) is 0.0909. The molecule has 0 N–H and O–H groups in total. The summed E-state index contributed by atoms with van der Waals surface area (Å²) >= 11 is 20.8. The van der Waals surface area contributed by atoms with Gasteiger partial charge in [0.15, 0.2) is 0 Å². The van der Waals surface area contributed by atoms with Crippen LogP contribution in [0.15, 0.2) is 32.5 Å². The third kappa shape index (κ3) is 3.48. The van der Waals surface area contributed by atoms with Gasteiger partial charge in [0.25, 0.3) is 0 Å². The van der Waals surface area contributed by atoms with Crippen LogP contribution in [0.1, 0.15) is 15.3 Å². The molecule has 0 saturated carbocycles. The van der Waals surface area contributed by atoms with Crippen molar-refractivity contribution in [1.82, 2.24) is 0 Å². The molecule has 0 aliphatic heterocycles. The van der Waals surface area contributed by atoms with Gasteiger partial charge in [0.2, 0.25) is 0 Å². The number of benzene rings is 1. The summed E-state index contributed by atoms with van der Waals surface area (Å²) in [6.07, 6.45) is 0. The molecule has 6 heteroatoms. The second-order valence-corrected chi connectivity index (χ2v) is 9.05. The lowest BCUT2D eigenvalue weighted by molar-refractivity contribution is 1.22. The van der Waals surface area contributed by atoms with Crippen LogP contribution in [0.2, 0.25) is 5.02 Å². The van der Waals surface area contributed by atoms with Crippen molar-refractivity contribution in [3.8, 4) is 0 Å². The van der Waals surface area contributed by atoms with Crippen molar-refractivity contribution >= 4 is 93.3 Å². The van der Waals surface area contributed by atoms with Crippen LogP contribution in [0.5, 0.6) is 0 Å². The molecule has 0 saturated heterocycles. The number of rotatable bonds is 2. The highest BCUT2D eigenvalue weighted by atomic mass is 127. The molecule has 1 unspecified atom stereocenters. The topological polar surface area (TPSA) is 0 Å². The molecule has 0 bridgehead atoms. The van der Waals surface area contributed by atoms with Gasteiger partial charge in [-0.25, -0.2) is 0 Å². The predicted octanol–water partition coefficient (Wildman–Crippen LogP) is 7.02. The number of halogens is 5. The summed E-state index contributed by atoms with van der Waals surface area (Å²) in [5.74, 6) is 0. The van der Waals surface area contributed by atoms with Gasteiger partial charge in [-0.15, -0.1) is 11.3 Å². The highest BCUT2D eigenvalue weighted by Crippen LogP contribution is 2.42. The summed E-state index contributed by atoms with van der Waals surface area (Å²) in [5, 5.41) is 0.794. The molecule has 0 spiro atoms. The normalized spacial score (nSPS) is 12.8. The van der Waals surface area contributed by atoms with Crippen molar-refractivity contribution in [3.05, 3.63) is 51.6 Å². The van der Waals surface area contributed by atoms with Gasteiger partial charge < -0.3 is 0 Å². The molecule has 2 rings (SSSR count). The van der Waals surface area contributed by atoms with Gasteiger partial charge in [-0.2, -0.15) is 0 Å². The Morgan fingerprint density at radius 1 is 1.24 bits per heavy atom. The first-order valence-corrected chi connectivity index (χ1v) is 9.30. The van der Waals surface area contributed by atoms with Gasteiger partial charge in [0.05, 0.1) is 13.6 Å². The van der Waals surface area contributed by atoms with E-state index in [9.17, 15) is 0 Å². The van der Waals surface area contributed by atoms with Gasteiger partial charge in [-0.05, 0) is 78.2 Å². The highest BCUT2D eigenvalue weighted by molar-refractivity contribution is 14.1. The summed E-state index contributed by atoms with van der Waals surface area (Å²) < 4.78 is 3.26. The quantitative estimate of drug-likeness (QED) is 0.269. The Hall–Kier alpha value is 1.38. The first kappa shape index (κ1) is 14.8. The average Bonchev–Trinajstić information content (AvgIpc) is 2.62. The third-order valence-corrected chi connectivity index (χ3v) is 8.37. The van der Waals surface area contributed by atoms with E-state index in [4.69, 9.17) is 11.6 Å². The monoisotopic (exact) mass is 568 g/mol. The van der Waals surface area contributed by atoms with Crippen LogP contribution in [-0.4, -0.2) is 0 Å². The number of hydrogen-bond donors (Lipinski definition) is 0. The summed E-state index contributed by atoms with van der Waals surface area (Å²) in [4.78, 5) is 1.41. The average molecular weight is 571 g/mol. The molecule has 2 aromatic rings. The summed E-state index contributed by atoms with van der Waals surface area (Å²) in [6, 6.07) is 8.24. The van der Waals surface area contributed by atoms with Crippen LogP contribution in [-0.2, 0) is 0 Å². The molecule has 1 aromatic heterocycles. The summed E-state index contributed by atoms with van der Waals surface area (Å²) in [5.41, 5.74) is 1.16. The van der Waals surface area contributed by atoms with E-state index in [1.54, 1.807) is 11.3 Å². The van der Waals surface area contributed by atoms with Gasteiger partial charge >= 0.3 is 0 Å². The molecule has 0 fully saturated rings. The zero-order chi connectivity index (χ0) is 12.6. The molecular formula is C11H5Br3ClIS. The second-order valence-electron chi connectivity index (χ2n) is 3.31. The van der Waals surface area contributed by atoms with Gasteiger partial charge in [0.1, 0.15) is 0 Å². The summed E-state index contributed by atoms with van der Waals surface area (Å²) in [6.45, 7) is 0. The van der Waals surface area contributed by atoms with Crippen LogP contribution < -0.4 is 0 Å². The van der Waals surface area contributed by atoms with E-state index in [0.29, 0.717) is 0 Å². The minimum atomic E-state index is 0.171. The standard InChI is InChI=1S/C11H5Br3ClIS/c12-6-4-9(17-11(6)14)10(13)5-1-2-8(16)7(15)3-5/h1-4,10H. The van der Waals surface area contributed by atoms with E-state index in [1.165, 1.54) is 4.88 Å². The lowest BCUT2D eigenvalue weighted by Crippen LogP contribution is -1.90. The highest BCUT2D eigenvalue weighted by Gasteiger charge is 2.15. The third-order valence-electron chi connectivity index (χ3n) is 2.15. The van der Waals surface area contributed by atoms with Gasteiger partial charge in [-0.3, -0.25) is 0 Å². The predicted molar refractivity (Wildman–Crippen MR) is 94.7 cm³/mol. The number of hydrogen-bond acceptors (Lipinski definition) is 1. The molecule has 1 atom stereocenters. The van der Waals surface area contributed by atoms with E-state index in [-0.39, 0.29) is 4.83 Å². The van der Waals surface area contributed by atoms with Crippen LogP contribution >= 0.6 is 93.3 Å². The van der Waals surface area contributed by atoms with Crippen LogP contribution in [0, 0.1) is 3.57 Å². The molecule has 17 heavy (non-hydrogen) atoms. The molecule has 0 amide bonds. The largest absolute Gasteiger partial charge is 0.131 e.